The normalized spacial score (nSPS) is 11.6. The van der Waals surface area contributed by atoms with Gasteiger partial charge in [0.2, 0.25) is 0 Å². The Morgan fingerprint density at radius 1 is 0.655 bits per heavy atom. The van der Waals surface area contributed by atoms with Crippen LogP contribution >= 0.6 is 0 Å². The molecular formula is C27H54O2. The van der Waals surface area contributed by atoms with Gasteiger partial charge >= 0.3 is 5.97 Å². The van der Waals surface area contributed by atoms with Crippen molar-refractivity contribution < 1.29 is 9.90 Å². The van der Waals surface area contributed by atoms with Crippen LogP contribution in [0.25, 0.3) is 0 Å². The average molecular weight is 411 g/mol. The molecule has 0 fully saturated rings. The Labute approximate surface area is 183 Å². The molecule has 0 spiro atoms. The van der Waals surface area contributed by atoms with Crippen molar-refractivity contribution in [3.63, 3.8) is 0 Å². The molecule has 0 aromatic carbocycles. The molecule has 0 aromatic rings. The molecule has 174 valence electrons. The van der Waals surface area contributed by atoms with Crippen LogP contribution in [0.4, 0.5) is 0 Å². The minimum Gasteiger partial charge on any atom is -0.478 e. The zero-order chi connectivity index (χ0) is 22.0. The summed E-state index contributed by atoms with van der Waals surface area (Å²) in [5.41, 5.74) is 0. The number of hydrogen-bond donors (Lipinski definition) is 1. The van der Waals surface area contributed by atoms with E-state index in [1.54, 1.807) is 0 Å². The molecule has 1 atom stereocenters. The topological polar surface area (TPSA) is 37.3 Å². The van der Waals surface area contributed by atoms with Crippen LogP contribution in [0.2, 0.25) is 0 Å². The van der Waals surface area contributed by atoms with Crippen molar-refractivity contribution in [3.05, 3.63) is 12.7 Å². The average Bonchev–Trinajstić information content (AvgIpc) is 2.71. The van der Waals surface area contributed by atoms with Gasteiger partial charge in [-0.1, -0.05) is 156 Å². The van der Waals surface area contributed by atoms with E-state index in [0.29, 0.717) is 0 Å². The lowest BCUT2D eigenvalue weighted by Crippen LogP contribution is -1.95. The number of hydrogen-bond acceptors (Lipinski definition) is 1. The third kappa shape index (κ3) is 32.1. The van der Waals surface area contributed by atoms with E-state index < -0.39 is 5.97 Å². The molecular weight excluding hydrogens is 356 g/mol. The summed E-state index contributed by atoms with van der Waals surface area (Å²) in [6, 6.07) is 0. The molecule has 0 rings (SSSR count). The lowest BCUT2D eigenvalue weighted by Gasteiger charge is -2.11. The summed E-state index contributed by atoms with van der Waals surface area (Å²) in [5, 5.41) is 7.60. The van der Waals surface area contributed by atoms with Gasteiger partial charge in [-0.3, -0.25) is 0 Å². The lowest BCUT2D eigenvalue weighted by atomic mass is 9.95. The highest BCUT2D eigenvalue weighted by Gasteiger charge is 2.02. The Morgan fingerprint density at radius 2 is 0.897 bits per heavy atom. The third-order valence-electron chi connectivity index (χ3n) is 5.78. The van der Waals surface area contributed by atoms with E-state index in [4.69, 9.17) is 5.11 Å². The summed E-state index contributed by atoms with van der Waals surface area (Å²) in [6.45, 7) is 10.0. The molecule has 0 radical (unpaired) electrons. The smallest absolute Gasteiger partial charge is 0.327 e. The quantitative estimate of drug-likeness (QED) is 0.151. The monoisotopic (exact) mass is 410 g/mol. The van der Waals surface area contributed by atoms with Gasteiger partial charge in [-0.05, 0) is 5.92 Å². The fourth-order valence-electron chi connectivity index (χ4n) is 3.75. The van der Waals surface area contributed by atoms with E-state index in [9.17, 15) is 4.79 Å². The van der Waals surface area contributed by atoms with Gasteiger partial charge < -0.3 is 5.11 Å². The maximum Gasteiger partial charge on any atom is 0.327 e. The molecule has 1 unspecified atom stereocenters. The van der Waals surface area contributed by atoms with Crippen LogP contribution in [0.5, 0.6) is 0 Å². The largest absolute Gasteiger partial charge is 0.478 e. The summed E-state index contributed by atoms with van der Waals surface area (Å²) < 4.78 is 0. The van der Waals surface area contributed by atoms with Crippen LogP contribution in [0.1, 0.15) is 149 Å². The van der Waals surface area contributed by atoms with E-state index in [0.717, 1.165) is 12.0 Å². The van der Waals surface area contributed by atoms with E-state index in [-0.39, 0.29) is 0 Å². The number of carboxylic acids is 1. The summed E-state index contributed by atoms with van der Waals surface area (Å²) in [7, 11) is 0. The first kappa shape index (κ1) is 30.4. The molecule has 0 aromatic heterocycles. The number of rotatable bonds is 21. The fourth-order valence-corrected chi connectivity index (χ4v) is 3.75. The van der Waals surface area contributed by atoms with E-state index >= 15 is 0 Å². The van der Waals surface area contributed by atoms with Gasteiger partial charge in [0.1, 0.15) is 0 Å². The third-order valence-corrected chi connectivity index (χ3v) is 5.78. The van der Waals surface area contributed by atoms with Crippen molar-refractivity contribution in [2.24, 2.45) is 5.92 Å². The van der Waals surface area contributed by atoms with Crippen molar-refractivity contribution in [2.45, 2.75) is 149 Å². The number of aliphatic carboxylic acids is 1. The van der Waals surface area contributed by atoms with Gasteiger partial charge in [0.25, 0.3) is 0 Å². The van der Waals surface area contributed by atoms with Crippen LogP contribution in [-0.4, -0.2) is 11.1 Å². The summed E-state index contributed by atoms with van der Waals surface area (Å²) in [6.07, 6.45) is 30.1. The first-order chi connectivity index (χ1) is 14.1. The number of carboxylic acid groups (broad SMARTS) is 1. The molecule has 2 heteroatoms. The minimum absolute atomic E-state index is 0.833. The van der Waals surface area contributed by atoms with Crippen molar-refractivity contribution >= 4 is 5.97 Å². The maximum atomic E-state index is 9.25. The number of unbranched alkanes of at least 4 members (excludes halogenated alkanes) is 16. The zero-order valence-electron chi connectivity index (χ0n) is 20.4. The zero-order valence-corrected chi connectivity index (χ0v) is 20.4. The van der Waals surface area contributed by atoms with Gasteiger partial charge in [-0.15, -0.1) is 0 Å². The van der Waals surface area contributed by atoms with E-state index in [1.165, 1.54) is 128 Å². The SMILES string of the molecule is C=CC(=O)O.CCCCCCCCCCCCC(C)CCCCCCCCCC. The first-order valence-electron chi connectivity index (χ1n) is 12.9. The van der Waals surface area contributed by atoms with Crippen molar-refractivity contribution in [1.29, 1.82) is 0 Å². The van der Waals surface area contributed by atoms with Gasteiger partial charge in [-0.2, -0.15) is 0 Å². The predicted octanol–water partition coefficient (Wildman–Crippen LogP) is 9.72. The van der Waals surface area contributed by atoms with E-state index in [2.05, 4.69) is 27.4 Å². The van der Waals surface area contributed by atoms with E-state index in [1.807, 2.05) is 0 Å². The first-order valence-corrected chi connectivity index (χ1v) is 12.9. The Balaban J connectivity index is 0. The molecule has 0 aliphatic rings. The second-order valence-corrected chi connectivity index (χ2v) is 8.88. The summed E-state index contributed by atoms with van der Waals surface area (Å²) >= 11 is 0. The number of carbonyl (C=O) groups is 1. The van der Waals surface area contributed by atoms with Gasteiger partial charge in [0.05, 0.1) is 0 Å². The lowest BCUT2D eigenvalue weighted by molar-refractivity contribution is -0.131. The molecule has 0 aliphatic heterocycles. The Kier molecular flexibility index (Phi) is 28.5. The van der Waals surface area contributed by atoms with Crippen LogP contribution < -0.4 is 0 Å². The van der Waals surface area contributed by atoms with Crippen molar-refractivity contribution in [3.8, 4) is 0 Å². The minimum atomic E-state index is -0.981. The van der Waals surface area contributed by atoms with Gasteiger partial charge in [0.15, 0.2) is 0 Å². The highest BCUT2D eigenvalue weighted by Crippen LogP contribution is 2.19. The van der Waals surface area contributed by atoms with Crippen molar-refractivity contribution in [2.75, 3.05) is 0 Å². The maximum absolute atomic E-state index is 9.25. The molecule has 0 heterocycles. The summed E-state index contributed by atoms with van der Waals surface area (Å²) in [4.78, 5) is 9.25. The fraction of sp³-hybridized carbons (Fsp3) is 0.889. The van der Waals surface area contributed by atoms with Crippen LogP contribution in [-0.2, 0) is 4.79 Å². The highest BCUT2D eigenvalue weighted by molar-refractivity contribution is 5.78. The Bertz CT molecular complexity index is 324. The molecule has 2 nitrogen and oxygen atoms in total. The van der Waals surface area contributed by atoms with Gasteiger partial charge in [-0.25, -0.2) is 4.79 Å². The second-order valence-electron chi connectivity index (χ2n) is 8.88. The van der Waals surface area contributed by atoms with Crippen LogP contribution in [0.3, 0.4) is 0 Å². The Hall–Kier alpha value is -0.790. The second kappa shape index (κ2) is 27.2. The van der Waals surface area contributed by atoms with Gasteiger partial charge in [0, 0.05) is 6.08 Å². The predicted molar refractivity (Wildman–Crippen MR) is 131 cm³/mol. The molecule has 0 saturated carbocycles. The molecule has 1 N–H and O–H groups in total. The molecule has 0 amide bonds. The molecule has 0 saturated heterocycles. The molecule has 0 bridgehead atoms. The molecule has 29 heavy (non-hydrogen) atoms. The van der Waals surface area contributed by atoms with Crippen LogP contribution in [0, 0.1) is 5.92 Å². The Morgan fingerprint density at radius 3 is 1.14 bits per heavy atom. The summed E-state index contributed by atoms with van der Waals surface area (Å²) in [5.74, 6) is -0.0101. The molecule has 0 aliphatic carbocycles. The van der Waals surface area contributed by atoms with Crippen LogP contribution in [0.15, 0.2) is 12.7 Å². The highest BCUT2D eigenvalue weighted by atomic mass is 16.4. The standard InChI is InChI=1S/C24H50.C3H4O2/c1-4-6-8-10-12-14-15-17-19-21-23-24(3)22-20-18-16-13-11-9-7-5-2;1-2-3(4)5/h24H,4-23H2,1-3H3;2H,1H2,(H,4,5). The van der Waals surface area contributed by atoms with Crippen molar-refractivity contribution in [1.82, 2.24) is 0 Å².